The molecular weight excluding hydrogens is 386 g/mol. The zero-order valence-corrected chi connectivity index (χ0v) is 16.0. The number of anilines is 1. The fraction of sp³-hybridized carbons (Fsp3) is 0. The molecule has 1 aromatic heterocycles. The third kappa shape index (κ3) is 4.13. The number of nitrogens with one attached hydrogen (secondary N) is 1. The SMILES string of the molecule is O=C(C=Cc1ccc(Cl)cc1)Nc1c(C(=O)c2ccccc2)oc2ccccc12. The highest BCUT2D eigenvalue weighted by Gasteiger charge is 2.22. The average molecular weight is 402 g/mol. The summed E-state index contributed by atoms with van der Waals surface area (Å²) in [7, 11) is 0. The molecule has 29 heavy (non-hydrogen) atoms. The molecule has 0 atom stereocenters. The first-order valence-corrected chi connectivity index (χ1v) is 9.35. The van der Waals surface area contributed by atoms with Gasteiger partial charge >= 0.3 is 0 Å². The van der Waals surface area contributed by atoms with Gasteiger partial charge in [0.05, 0.1) is 5.69 Å². The van der Waals surface area contributed by atoms with Crippen LogP contribution in [0.25, 0.3) is 17.0 Å². The summed E-state index contributed by atoms with van der Waals surface area (Å²) in [6.45, 7) is 0. The van der Waals surface area contributed by atoms with E-state index >= 15 is 0 Å². The molecular formula is C24H16ClNO3. The molecule has 142 valence electrons. The van der Waals surface area contributed by atoms with Gasteiger partial charge in [0.15, 0.2) is 5.76 Å². The van der Waals surface area contributed by atoms with Crippen molar-refractivity contribution < 1.29 is 14.0 Å². The minimum absolute atomic E-state index is 0.102. The molecule has 3 aromatic carbocycles. The highest BCUT2D eigenvalue weighted by molar-refractivity contribution is 6.30. The maximum Gasteiger partial charge on any atom is 0.248 e. The van der Waals surface area contributed by atoms with Crippen LogP contribution in [0.4, 0.5) is 5.69 Å². The molecule has 0 saturated carbocycles. The lowest BCUT2D eigenvalue weighted by Crippen LogP contribution is -2.11. The molecule has 0 aliphatic heterocycles. The molecule has 0 bridgehead atoms. The van der Waals surface area contributed by atoms with Crippen molar-refractivity contribution in [2.45, 2.75) is 0 Å². The lowest BCUT2D eigenvalue weighted by atomic mass is 10.1. The molecule has 5 heteroatoms. The Balaban J connectivity index is 1.66. The number of fused-ring (bicyclic) bond motifs is 1. The predicted molar refractivity (Wildman–Crippen MR) is 115 cm³/mol. The van der Waals surface area contributed by atoms with E-state index in [2.05, 4.69) is 5.32 Å². The van der Waals surface area contributed by atoms with Gasteiger partial charge in [0, 0.05) is 22.0 Å². The number of hydrogen-bond donors (Lipinski definition) is 1. The Bertz CT molecular complexity index is 1210. The summed E-state index contributed by atoms with van der Waals surface area (Å²) >= 11 is 5.88. The van der Waals surface area contributed by atoms with Crippen molar-refractivity contribution in [2.24, 2.45) is 0 Å². The summed E-state index contributed by atoms with van der Waals surface area (Å²) in [5.74, 6) is -0.557. The smallest absolute Gasteiger partial charge is 0.248 e. The van der Waals surface area contributed by atoms with Gasteiger partial charge in [0.25, 0.3) is 0 Å². The fourth-order valence-corrected chi connectivity index (χ4v) is 3.09. The maximum atomic E-state index is 13.0. The first-order valence-electron chi connectivity index (χ1n) is 8.98. The predicted octanol–water partition coefficient (Wildman–Crippen LogP) is 5.97. The van der Waals surface area contributed by atoms with Gasteiger partial charge in [-0.25, -0.2) is 0 Å². The second-order valence-electron chi connectivity index (χ2n) is 6.37. The molecule has 0 aliphatic carbocycles. The molecule has 0 saturated heterocycles. The van der Waals surface area contributed by atoms with Crippen LogP contribution in [-0.2, 0) is 4.79 Å². The van der Waals surface area contributed by atoms with Crippen molar-refractivity contribution in [1.29, 1.82) is 0 Å². The number of amides is 1. The molecule has 4 rings (SSSR count). The van der Waals surface area contributed by atoms with Crippen molar-refractivity contribution >= 4 is 46.0 Å². The van der Waals surface area contributed by atoms with Gasteiger partial charge in [-0.05, 0) is 35.9 Å². The Morgan fingerprint density at radius 1 is 0.862 bits per heavy atom. The highest BCUT2D eigenvalue weighted by atomic mass is 35.5. The summed E-state index contributed by atoms with van der Waals surface area (Å²) in [5.41, 5.74) is 2.21. The van der Waals surface area contributed by atoms with E-state index < -0.39 is 0 Å². The van der Waals surface area contributed by atoms with Crippen molar-refractivity contribution in [2.75, 3.05) is 5.32 Å². The van der Waals surface area contributed by atoms with Crippen molar-refractivity contribution in [3.05, 3.63) is 107 Å². The maximum absolute atomic E-state index is 13.0. The highest BCUT2D eigenvalue weighted by Crippen LogP contribution is 2.32. The third-order valence-electron chi connectivity index (χ3n) is 4.38. The molecule has 0 fully saturated rings. The van der Waals surface area contributed by atoms with Crippen molar-refractivity contribution in [3.63, 3.8) is 0 Å². The van der Waals surface area contributed by atoms with E-state index in [1.807, 2.05) is 30.3 Å². The summed E-state index contributed by atoms with van der Waals surface area (Å²) in [5, 5.41) is 4.09. The van der Waals surface area contributed by atoms with Crippen LogP contribution in [0.1, 0.15) is 21.7 Å². The number of benzene rings is 3. The number of furan rings is 1. The standard InChI is InChI=1S/C24H16ClNO3/c25-18-13-10-16(11-14-18)12-15-21(27)26-22-19-8-4-5-9-20(19)29-24(22)23(28)17-6-2-1-3-7-17/h1-15H,(H,26,27). The zero-order valence-electron chi connectivity index (χ0n) is 15.3. The van der Waals surface area contributed by atoms with Crippen LogP contribution >= 0.6 is 11.6 Å². The molecule has 1 heterocycles. The Labute approximate surface area is 172 Å². The monoisotopic (exact) mass is 401 g/mol. The molecule has 0 unspecified atom stereocenters. The molecule has 0 radical (unpaired) electrons. The minimum Gasteiger partial charge on any atom is -0.450 e. The van der Waals surface area contributed by atoms with E-state index in [9.17, 15) is 9.59 Å². The lowest BCUT2D eigenvalue weighted by Gasteiger charge is -2.04. The van der Waals surface area contributed by atoms with Gasteiger partial charge in [-0.15, -0.1) is 0 Å². The topological polar surface area (TPSA) is 59.3 Å². The number of rotatable bonds is 5. The summed E-state index contributed by atoms with van der Waals surface area (Å²) in [4.78, 5) is 25.5. The summed E-state index contributed by atoms with van der Waals surface area (Å²) in [6, 6.07) is 23.1. The number of hydrogen-bond acceptors (Lipinski definition) is 3. The van der Waals surface area contributed by atoms with Gasteiger partial charge in [0.2, 0.25) is 11.7 Å². The van der Waals surface area contributed by atoms with E-state index in [1.54, 1.807) is 54.6 Å². The molecule has 0 aliphatic rings. The van der Waals surface area contributed by atoms with Crippen LogP contribution in [0.15, 0.2) is 89.4 Å². The molecule has 1 amide bonds. The number of carbonyl (C=O) groups excluding carboxylic acids is 2. The van der Waals surface area contributed by atoms with Crippen LogP contribution in [0.3, 0.4) is 0 Å². The van der Waals surface area contributed by atoms with E-state index in [0.717, 1.165) is 5.56 Å². The Morgan fingerprint density at radius 2 is 1.55 bits per heavy atom. The van der Waals surface area contributed by atoms with Crippen LogP contribution < -0.4 is 5.32 Å². The number of ketones is 1. The van der Waals surface area contributed by atoms with Gasteiger partial charge in [0.1, 0.15) is 5.58 Å². The van der Waals surface area contributed by atoms with E-state index in [-0.39, 0.29) is 17.5 Å². The fourth-order valence-electron chi connectivity index (χ4n) is 2.96. The number of halogens is 1. The first kappa shape index (κ1) is 18.7. The Kier molecular flexibility index (Phi) is 5.27. The van der Waals surface area contributed by atoms with Gasteiger partial charge in [-0.3, -0.25) is 9.59 Å². The molecule has 0 spiro atoms. The summed E-state index contributed by atoms with van der Waals surface area (Å²) < 4.78 is 5.79. The normalized spacial score (nSPS) is 11.1. The number of para-hydroxylation sites is 1. The van der Waals surface area contributed by atoms with Crippen molar-refractivity contribution in [3.8, 4) is 0 Å². The van der Waals surface area contributed by atoms with Crippen LogP contribution in [0.5, 0.6) is 0 Å². The molecule has 1 N–H and O–H groups in total. The van der Waals surface area contributed by atoms with Crippen LogP contribution in [0, 0.1) is 0 Å². The minimum atomic E-state index is -0.367. The Hall–Kier alpha value is -3.63. The lowest BCUT2D eigenvalue weighted by molar-refractivity contribution is -0.111. The summed E-state index contributed by atoms with van der Waals surface area (Å²) in [6.07, 6.45) is 3.08. The van der Waals surface area contributed by atoms with Gasteiger partial charge in [-0.1, -0.05) is 66.2 Å². The van der Waals surface area contributed by atoms with E-state index in [0.29, 0.717) is 27.2 Å². The van der Waals surface area contributed by atoms with Crippen LogP contribution in [-0.4, -0.2) is 11.7 Å². The first-order chi connectivity index (χ1) is 14.1. The molecule has 4 aromatic rings. The van der Waals surface area contributed by atoms with Gasteiger partial charge in [-0.2, -0.15) is 0 Å². The van der Waals surface area contributed by atoms with E-state index in [1.165, 1.54) is 6.08 Å². The van der Waals surface area contributed by atoms with Crippen molar-refractivity contribution in [1.82, 2.24) is 0 Å². The zero-order chi connectivity index (χ0) is 20.2. The third-order valence-corrected chi connectivity index (χ3v) is 4.64. The second kappa shape index (κ2) is 8.17. The average Bonchev–Trinajstić information content (AvgIpc) is 3.12. The second-order valence-corrected chi connectivity index (χ2v) is 6.81. The molecule has 4 nitrogen and oxygen atoms in total. The van der Waals surface area contributed by atoms with Crippen LogP contribution in [0.2, 0.25) is 5.02 Å². The largest absolute Gasteiger partial charge is 0.450 e. The Morgan fingerprint density at radius 3 is 2.31 bits per heavy atom. The number of carbonyl (C=O) groups is 2. The van der Waals surface area contributed by atoms with E-state index in [4.69, 9.17) is 16.0 Å². The van der Waals surface area contributed by atoms with Gasteiger partial charge < -0.3 is 9.73 Å². The quantitative estimate of drug-likeness (QED) is 0.331.